The van der Waals surface area contributed by atoms with Crippen molar-refractivity contribution >= 4 is 26.6 Å². The lowest BCUT2D eigenvalue weighted by molar-refractivity contribution is 0.483. The molecular weight excluding hydrogens is 230 g/mol. The molecule has 0 saturated carbocycles. The molecule has 5 nitrogen and oxygen atoms in total. The van der Waals surface area contributed by atoms with Gasteiger partial charge in [-0.05, 0) is 40.2 Å². The normalized spacial score (nSPS) is 11.6. The lowest BCUT2D eigenvalue weighted by atomic mass is 10.1. The minimum Gasteiger partial charge on any atom is -0.282 e. The van der Waals surface area contributed by atoms with Crippen molar-refractivity contribution in [1.29, 1.82) is 0 Å². The summed E-state index contributed by atoms with van der Waals surface area (Å²) in [5.74, 6) is 0. The van der Waals surface area contributed by atoms with Crippen molar-refractivity contribution in [2.24, 2.45) is 5.18 Å². The molecule has 16 heavy (non-hydrogen) atoms. The van der Waals surface area contributed by atoms with E-state index in [0.29, 0.717) is 10.8 Å². The minimum absolute atomic E-state index is 0.174. The highest BCUT2D eigenvalue weighted by atomic mass is 32.2. The molecule has 0 bridgehead atoms. The molecule has 0 amide bonds. The molecular formula is C10H7NO4S. The van der Waals surface area contributed by atoms with E-state index in [1.807, 2.05) is 0 Å². The molecule has 0 aliphatic heterocycles. The number of nitrogens with zero attached hydrogens (tertiary/aromatic N) is 1. The zero-order valence-corrected chi connectivity index (χ0v) is 8.81. The molecule has 82 valence electrons. The van der Waals surface area contributed by atoms with Crippen LogP contribution in [0.3, 0.4) is 0 Å². The summed E-state index contributed by atoms with van der Waals surface area (Å²) in [7, 11) is -4.20. The van der Waals surface area contributed by atoms with Crippen molar-refractivity contribution in [3.63, 3.8) is 0 Å². The standard InChI is InChI=1S/C10H7NO4S/c12-11-9-3-1-8-6-10(16(13,14)15)4-2-7(8)5-9/h1-6H,(H,13,14,15). The molecule has 0 unspecified atom stereocenters. The Kier molecular flexibility index (Phi) is 2.45. The SMILES string of the molecule is O=Nc1ccc2cc(S(=O)(=O)O)ccc2c1. The monoisotopic (exact) mass is 237 g/mol. The molecule has 2 rings (SSSR count). The summed E-state index contributed by atoms with van der Waals surface area (Å²) in [6.07, 6.45) is 0. The maximum absolute atomic E-state index is 10.9. The molecule has 6 heteroatoms. The average Bonchev–Trinajstić information content (AvgIpc) is 2.26. The van der Waals surface area contributed by atoms with Crippen molar-refractivity contribution in [2.75, 3.05) is 0 Å². The van der Waals surface area contributed by atoms with E-state index in [2.05, 4.69) is 5.18 Å². The molecule has 0 heterocycles. The number of fused-ring (bicyclic) bond motifs is 1. The van der Waals surface area contributed by atoms with Gasteiger partial charge in [-0.2, -0.15) is 8.42 Å². The zero-order valence-electron chi connectivity index (χ0n) is 7.99. The second-order valence-corrected chi connectivity index (χ2v) is 4.68. The van der Waals surface area contributed by atoms with E-state index in [1.54, 1.807) is 6.07 Å². The van der Waals surface area contributed by atoms with E-state index >= 15 is 0 Å². The van der Waals surface area contributed by atoms with Crippen molar-refractivity contribution in [2.45, 2.75) is 4.90 Å². The number of nitroso groups, excluding NO2 is 1. The third-order valence-corrected chi connectivity index (χ3v) is 3.05. The molecule has 0 radical (unpaired) electrons. The van der Waals surface area contributed by atoms with Gasteiger partial charge in [-0.1, -0.05) is 12.1 Å². The highest BCUT2D eigenvalue weighted by Crippen LogP contribution is 2.23. The van der Waals surface area contributed by atoms with Crippen LogP contribution in [0.5, 0.6) is 0 Å². The number of rotatable bonds is 2. The average molecular weight is 237 g/mol. The predicted octanol–water partition coefficient (Wildman–Crippen LogP) is 2.48. The van der Waals surface area contributed by atoms with Crippen molar-refractivity contribution in [3.05, 3.63) is 41.3 Å². The van der Waals surface area contributed by atoms with Gasteiger partial charge in [0, 0.05) is 0 Å². The van der Waals surface area contributed by atoms with Gasteiger partial charge in [0.2, 0.25) is 0 Å². The second-order valence-electron chi connectivity index (χ2n) is 3.26. The van der Waals surface area contributed by atoms with Crippen molar-refractivity contribution in [3.8, 4) is 0 Å². The number of hydrogen-bond acceptors (Lipinski definition) is 4. The van der Waals surface area contributed by atoms with E-state index in [0.717, 1.165) is 0 Å². The maximum atomic E-state index is 10.9. The Labute approximate surface area is 91.4 Å². The van der Waals surface area contributed by atoms with Crippen LogP contribution in [0.15, 0.2) is 46.5 Å². The second kappa shape index (κ2) is 3.66. The Hall–Kier alpha value is -1.79. The van der Waals surface area contributed by atoms with Crippen molar-refractivity contribution < 1.29 is 13.0 Å². The van der Waals surface area contributed by atoms with Gasteiger partial charge >= 0.3 is 0 Å². The first-order valence-electron chi connectivity index (χ1n) is 4.35. The van der Waals surface area contributed by atoms with Crippen LogP contribution in [0.2, 0.25) is 0 Å². The van der Waals surface area contributed by atoms with Crippen LogP contribution >= 0.6 is 0 Å². The summed E-state index contributed by atoms with van der Waals surface area (Å²) in [5.41, 5.74) is 0.270. The fraction of sp³-hybridized carbons (Fsp3) is 0. The molecule has 2 aromatic carbocycles. The number of hydrogen-bond donors (Lipinski definition) is 1. The Balaban J connectivity index is 2.69. The third kappa shape index (κ3) is 1.93. The Bertz CT molecular complexity index is 664. The van der Waals surface area contributed by atoms with Gasteiger partial charge in [-0.15, -0.1) is 4.91 Å². The van der Waals surface area contributed by atoms with E-state index in [4.69, 9.17) is 4.55 Å². The lowest BCUT2D eigenvalue weighted by Crippen LogP contribution is -1.97. The highest BCUT2D eigenvalue weighted by molar-refractivity contribution is 7.85. The molecule has 0 aliphatic rings. The van der Waals surface area contributed by atoms with Crippen LogP contribution < -0.4 is 0 Å². The van der Waals surface area contributed by atoms with Gasteiger partial charge in [-0.25, -0.2) is 0 Å². The Morgan fingerprint density at radius 2 is 1.62 bits per heavy atom. The van der Waals surface area contributed by atoms with Crippen LogP contribution in [0.4, 0.5) is 5.69 Å². The summed E-state index contributed by atoms with van der Waals surface area (Å²) in [4.78, 5) is 10.1. The molecule has 0 atom stereocenters. The van der Waals surface area contributed by atoms with Crippen LogP contribution in [-0.4, -0.2) is 13.0 Å². The first-order valence-corrected chi connectivity index (χ1v) is 5.79. The minimum atomic E-state index is -4.20. The fourth-order valence-corrected chi connectivity index (χ4v) is 1.94. The fourth-order valence-electron chi connectivity index (χ4n) is 1.43. The van der Waals surface area contributed by atoms with E-state index in [-0.39, 0.29) is 10.6 Å². The zero-order chi connectivity index (χ0) is 11.8. The topological polar surface area (TPSA) is 83.8 Å². The van der Waals surface area contributed by atoms with Crippen LogP contribution in [0.25, 0.3) is 10.8 Å². The first-order chi connectivity index (χ1) is 7.50. The molecule has 2 aromatic rings. The first kappa shape index (κ1) is 10.7. The summed E-state index contributed by atoms with van der Waals surface area (Å²) in [5, 5.41) is 4.07. The molecule has 0 fully saturated rings. The predicted molar refractivity (Wildman–Crippen MR) is 59.2 cm³/mol. The highest BCUT2D eigenvalue weighted by Gasteiger charge is 2.09. The van der Waals surface area contributed by atoms with Gasteiger partial charge in [0.1, 0.15) is 5.69 Å². The molecule has 0 saturated heterocycles. The lowest BCUT2D eigenvalue weighted by Gasteiger charge is -2.01. The summed E-state index contributed by atoms with van der Waals surface area (Å²) >= 11 is 0. The largest absolute Gasteiger partial charge is 0.294 e. The van der Waals surface area contributed by atoms with Gasteiger partial charge in [0.25, 0.3) is 10.1 Å². The van der Waals surface area contributed by atoms with E-state index in [1.165, 1.54) is 30.3 Å². The molecule has 0 spiro atoms. The Morgan fingerprint density at radius 1 is 1.00 bits per heavy atom. The van der Waals surface area contributed by atoms with Crippen LogP contribution in [0.1, 0.15) is 0 Å². The summed E-state index contributed by atoms with van der Waals surface area (Å²) in [6, 6.07) is 8.69. The summed E-state index contributed by atoms with van der Waals surface area (Å²) in [6.45, 7) is 0. The van der Waals surface area contributed by atoms with Gasteiger partial charge in [0.15, 0.2) is 0 Å². The molecule has 0 aromatic heterocycles. The quantitative estimate of drug-likeness (QED) is 0.642. The van der Waals surface area contributed by atoms with Gasteiger partial charge in [-0.3, -0.25) is 4.55 Å². The molecule has 0 aliphatic carbocycles. The van der Waals surface area contributed by atoms with E-state index < -0.39 is 10.1 Å². The third-order valence-electron chi connectivity index (χ3n) is 2.20. The van der Waals surface area contributed by atoms with Crippen molar-refractivity contribution in [1.82, 2.24) is 0 Å². The smallest absolute Gasteiger partial charge is 0.282 e. The summed E-state index contributed by atoms with van der Waals surface area (Å²) < 4.78 is 30.6. The van der Waals surface area contributed by atoms with Crippen LogP contribution in [-0.2, 0) is 10.1 Å². The van der Waals surface area contributed by atoms with Crippen LogP contribution in [0, 0.1) is 4.91 Å². The molecule has 1 N–H and O–H groups in total. The maximum Gasteiger partial charge on any atom is 0.294 e. The van der Waals surface area contributed by atoms with Gasteiger partial charge in [0.05, 0.1) is 4.90 Å². The van der Waals surface area contributed by atoms with E-state index in [9.17, 15) is 13.3 Å². The Morgan fingerprint density at radius 3 is 2.25 bits per heavy atom. The number of benzene rings is 2. The van der Waals surface area contributed by atoms with Gasteiger partial charge < -0.3 is 0 Å².